The molecule has 3 heterocycles. The van der Waals surface area contributed by atoms with Gasteiger partial charge in [-0.1, -0.05) is 6.42 Å². The van der Waals surface area contributed by atoms with Crippen LogP contribution < -0.4 is 15.8 Å². The third-order valence-electron chi connectivity index (χ3n) is 7.85. The second-order valence-electron chi connectivity index (χ2n) is 9.87. The van der Waals surface area contributed by atoms with Crippen LogP contribution in [0.25, 0.3) is 10.9 Å². The lowest BCUT2D eigenvalue weighted by Crippen LogP contribution is -2.44. The number of piperazine rings is 1. The molecule has 2 aromatic heterocycles. The predicted molar refractivity (Wildman–Crippen MR) is 130 cm³/mol. The van der Waals surface area contributed by atoms with Gasteiger partial charge < -0.3 is 19.7 Å². The van der Waals surface area contributed by atoms with Gasteiger partial charge in [-0.05, 0) is 68.5 Å². The molecule has 1 N–H and O–H groups in total. The molecule has 0 amide bonds. The van der Waals surface area contributed by atoms with E-state index in [9.17, 15) is 4.79 Å². The zero-order valence-corrected chi connectivity index (χ0v) is 18.7. The predicted octanol–water partition coefficient (Wildman–Crippen LogP) is 4.25. The maximum Gasteiger partial charge on any atom is 0.251 e. The Labute approximate surface area is 188 Å². The van der Waals surface area contributed by atoms with E-state index >= 15 is 0 Å². The van der Waals surface area contributed by atoms with E-state index < -0.39 is 0 Å². The highest BCUT2D eigenvalue weighted by Crippen LogP contribution is 2.50. The van der Waals surface area contributed by atoms with E-state index in [0.717, 1.165) is 60.9 Å². The van der Waals surface area contributed by atoms with E-state index in [1.807, 2.05) is 12.3 Å². The molecule has 3 aromatic rings. The first-order valence-electron chi connectivity index (χ1n) is 12.0. The number of aromatic nitrogens is 2. The monoisotopic (exact) mass is 429 g/mol. The van der Waals surface area contributed by atoms with Crippen LogP contribution in [-0.2, 0) is 0 Å². The van der Waals surface area contributed by atoms with Gasteiger partial charge in [-0.3, -0.25) is 4.79 Å². The van der Waals surface area contributed by atoms with Crippen LogP contribution in [-0.4, -0.2) is 47.7 Å². The van der Waals surface area contributed by atoms with E-state index in [1.54, 1.807) is 6.07 Å². The summed E-state index contributed by atoms with van der Waals surface area (Å²) in [6.07, 6.45) is 6.90. The van der Waals surface area contributed by atoms with E-state index in [1.165, 1.54) is 24.9 Å². The number of fused-ring (bicyclic) bond motifs is 3. The molecule has 3 atom stereocenters. The molecule has 2 aliphatic carbocycles. The number of hydrogen-bond acceptors (Lipinski definition) is 5. The maximum atomic E-state index is 12.9. The van der Waals surface area contributed by atoms with Gasteiger partial charge in [0, 0.05) is 67.3 Å². The summed E-state index contributed by atoms with van der Waals surface area (Å²) in [6.45, 7) is 4.34. The Balaban J connectivity index is 1.26. The van der Waals surface area contributed by atoms with Crippen molar-refractivity contribution >= 4 is 28.1 Å². The molecule has 6 nitrogen and oxygen atoms in total. The molecule has 6 rings (SSSR count). The number of nitrogens with zero attached hydrogens (tertiary/aromatic N) is 4. The third kappa shape index (κ3) is 3.56. The Morgan fingerprint density at radius 1 is 0.969 bits per heavy atom. The molecule has 166 valence electrons. The largest absolute Gasteiger partial charge is 0.369 e. The average molecular weight is 430 g/mol. The smallest absolute Gasteiger partial charge is 0.251 e. The van der Waals surface area contributed by atoms with Gasteiger partial charge >= 0.3 is 0 Å². The molecule has 3 fully saturated rings. The Morgan fingerprint density at radius 3 is 2.50 bits per heavy atom. The summed E-state index contributed by atoms with van der Waals surface area (Å²) in [4.78, 5) is 22.3. The van der Waals surface area contributed by atoms with Crippen molar-refractivity contribution in [3.05, 3.63) is 59.0 Å². The summed E-state index contributed by atoms with van der Waals surface area (Å²) >= 11 is 0. The lowest BCUT2D eigenvalue weighted by molar-refractivity contribution is 0.313. The first-order chi connectivity index (χ1) is 15.6. The molecular weight excluding hydrogens is 398 g/mol. The van der Waals surface area contributed by atoms with Crippen molar-refractivity contribution in [1.82, 2.24) is 14.5 Å². The Morgan fingerprint density at radius 2 is 1.78 bits per heavy atom. The topological polar surface area (TPSA) is 53.4 Å². The first-order valence-corrected chi connectivity index (χ1v) is 12.0. The van der Waals surface area contributed by atoms with Crippen LogP contribution in [0.2, 0.25) is 0 Å². The average Bonchev–Trinajstić information content (AvgIpc) is 3.44. The van der Waals surface area contributed by atoms with Gasteiger partial charge in [0.2, 0.25) is 0 Å². The SMILES string of the molecule is CN1CCN(c2ccc(Nc3cc4c(ccc(=O)n4C4CC5CCC4C5)cn3)cc2)CC1. The van der Waals surface area contributed by atoms with E-state index in [4.69, 9.17) is 0 Å². The first kappa shape index (κ1) is 19.8. The zero-order chi connectivity index (χ0) is 21.7. The van der Waals surface area contributed by atoms with Crippen molar-refractivity contribution in [3.8, 4) is 0 Å². The van der Waals surface area contributed by atoms with Gasteiger partial charge in [0.15, 0.2) is 0 Å². The van der Waals surface area contributed by atoms with Crippen LogP contribution >= 0.6 is 0 Å². The number of anilines is 3. The van der Waals surface area contributed by atoms with E-state index in [-0.39, 0.29) is 5.56 Å². The number of rotatable bonds is 4. The molecule has 32 heavy (non-hydrogen) atoms. The molecule has 0 radical (unpaired) electrons. The molecule has 2 bridgehead atoms. The second kappa shape index (κ2) is 7.93. The molecule has 1 saturated heterocycles. The fourth-order valence-electron chi connectivity index (χ4n) is 6.06. The third-order valence-corrected chi connectivity index (χ3v) is 7.85. The highest BCUT2D eigenvalue weighted by atomic mass is 16.1. The highest BCUT2D eigenvalue weighted by Gasteiger charge is 2.41. The van der Waals surface area contributed by atoms with Gasteiger partial charge in [0.1, 0.15) is 5.82 Å². The van der Waals surface area contributed by atoms with Crippen LogP contribution in [0.15, 0.2) is 53.5 Å². The number of benzene rings is 1. The number of pyridine rings is 2. The van der Waals surface area contributed by atoms with Crippen LogP contribution in [0, 0.1) is 11.8 Å². The van der Waals surface area contributed by atoms with Gasteiger partial charge in [-0.2, -0.15) is 0 Å². The fraction of sp³-hybridized carbons (Fsp3) is 0.462. The maximum absolute atomic E-state index is 12.9. The summed E-state index contributed by atoms with van der Waals surface area (Å²) in [5.74, 6) is 2.23. The molecule has 2 saturated carbocycles. The molecule has 0 spiro atoms. The number of likely N-dealkylation sites (N-methyl/N-ethyl adjacent to an activating group) is 1. The van der Waals surface area contributed by atoms with Crippen molar-refractivity contribution < 1.29 is 0 Å². The summed E-state index contributed by atoms with van der Waals surface area (Å²) in [5, 5.41) is 4.48. The summed E-state index contributed by atoms with van der Waals surface area (Å²) in [6, 6.07) is 14.6. The zero-order valence-electron chi connectivity index (χ0n) is 18.7. The van der Waals surface area contributed by atoms with Crippen LogP contribution in [0.3, 0.4) is 0 Å². The van der Waals surface area contributed by atoms with Gasteiger partial charge in [0.05, 0.1) is 5.52 Å². The molecule has 3 unspecified atom stereocenters. The van der Waals surface area contributed by atoms with Gasteiger partial charge in [-0.25, -0.2) is 4.98 Å². The van der Waals surface area contributed by atoms with Crippen molar-refractivity contribution in [2.45, 2.75) is 31.7 Å². The molecule has 1 aromatic carbocycles. The molecule has 1 aliphatic heterocycles. The van der Waals surface area contributed by atoms with Gasteiger partial charge in [0.25, 0.3) is 5.56 Å². The summed E-state index contributed by atoms with van der Waals surface area (Å²) in [5.41, 5.74) is 3.39. The summed E-state index contributed by atoms with van der Waals surface area (Å²) in [7, 11) is 2.18. The van der Waals surface area contributed by atoms with E-state index in [2.05, 4.69) is 62.0 Å². The van der Waals surface area contributed by atoms with Crippen LogP contribution in [0.1, 0.15) is 31.7 Å². The molecule has 6 heteroatoms. The van der Waals surface area contributed by atoms with Crippen molar-refractivity contribution in [1.29, 1.82) is 0 Å². The normalized spacial score (nSPS) is 25.5. The van der Waals surface area contributed by atoms with Crippen LogP contribution in [0.4, 0.5) is 17.2 Å². The Bertz CT molecular complexity index is 1180. The molecule has 3 aliphatic rings. The minimum absolute atomic E-state index is 0.115. The molecular formula is C26H31N5O. The van der Waals surface area contributed by atoms with Crippen LogP contribution in [0.5, 0.6) is 0 Å². The van der Waals surface area contributed by atoms with Crippen molar-refractivity contribution in [2.75, 3.05) is 43.4 Å². The lowest BCUT2D eigenvalue weighted by Gasteiger charge is -2.34. The lowest BCUT2D eigenvalue weighted by atomic mass is 9.94. The summed E-state index contributed by atoms with van der Waals surface area (Å²) < 4.78 is 2.06. The minimum atomic E-state index is 0.115. The number of nitrogens with one attached hydrogen (secondary N) is 1. The Kier molecular flexibility index (Phi) is 4.90. The minimum Gasteiger partial charge on any atom is -0.369 e. The van der Waals surface area contributed by atoms with E-state index in [0.29, 0.717) is 12.0 Å². The van der Waals surface area contributed by atoms with Gasteiger partial charge in [-0.15, -0.1) is 0 Å². The fourth-order valence-corrected chi connectivity index (χ4v) is 6.06. The standard InChI is InChI=1S/C26H31N5O/c1-29-10-12-30(13-11-29)22-7-5-21(6-8-22)28-25-16-24-20(17-27-25)4-9-26(32)31(24)23-15-18-2-3-19(23)14-18/h4-9,16-19,23H,2-3,10-15H2,1H3,(H,27,28). The highest BCUT2D eigenvalue weighted by molar-refractivity contribution is 5.81. The quantitative estimate of drug-likeness (QED) is 0.672. The van der Waals surface area contributed by atoms with Crippen molar-refractivity contribution in [3.63, 3.8) is 0 Å². The number of hydrogen-bond donors (Lipinski definition) is 1. The van der Waals surface area contributed by atoms with Crippen molar-refractivity contribution in [2.24, 2.45) is 11.8 Å². The Hall–Kier alpha value is -2.86. The second-order valence-corrected chi connectivity index (χ2v) is 9.87.